The zero-order chi connectivity index (χ0) is 20.1. The van der Waals surface area contributed by atoms with E-state index in [0.29, 0.717) is 6.42 Å². The van der Waals surface area contributed by atoms with Gasteiger partial charge < -0.3 is 27.2 Å². The molecule has 1 atom stereocenters. The zero-order valence-electron chi connectivity index (χ0n) is 15.5. The minimum Gasteiger partial charge on any atom is -0.478 e. The maximum Gasteiger partial charge on any atom is 0.339 e. The van der Waals surface area contributed by atoms with E-state index in [2.05, 4.69) is 15.6 Å². The first-order valence-corrected chi connectivity index (χ1v) is 8.27. The molecule has 1 rings (SSSR count). The van der Waals surface area contributed by atoms with Gasteiger partial charge in [-0.1, -0.05) is 13.8 Å². The Kier molecular flexibility index (Phi) is 7.08. The van der Waals surface area contributed by atoms with Gasteiger partial charge in [-0.3, -0.25) is 14.6 Å². The Bertz CT molecular complexity index is 688. The number of carboxylic acids is 1. The monoisotopic (exact) mass is 365 g/mol. The summed E-state index contributed by atoms with van der Waals surface area (Å²) in [5.41, 5.74) is 10.6. The van der Waals surface area contributed by atoms with E-state index in [1.807, 2.05) is 13.8 Å². The van der Waals surface area contributed by atoms with Crippen molar-refractivity contribution in [3.63, 3.8) is 0 Å². The van der Waals surface area contributed by atoms with Crippen LogP contribution in [0.15, 0.2) is 12.4 Å². The summed E-state index contributed by atoms with van der Waals surface area (Å²) in [5.74, 6) is -1.73. The quantitative estimate of drug-likeness (QED) is 0.458. The second-order valence-corrected chi connectivity index (χ2v) is 7.29. The van der Waals surface area contributed by atoms with Crippen molar-refractivity contribution in [2.45, 2.75) is 52.1 Å². The number of carbonyl (C=O) groups excluding carboxylic acids is 2. The van der Waals surface area contributed by atoms with Gasteiger partial charge in [-0.25, -0.2) is 4.79 Å². The summed E-state index contributed by atoms with van der Waals surface area (Å²) >= 11 is 0. The van der Waals surface area contributed by atoms with Crippen LogP contribution in [0.1, 0.15) is 50.9 Å². The molecule has 0 aliphatic heterocycles. The van der Waals surface area contributed by atoms with E-state index >= 15 is 0 Å². The van der Waals surface area contributed by atoms with Gasteiger partial charge in [0.2, 0.25) is 11.8 Å². The van der Waals surface area contributed by atoms with Gasteiger partial charge >= 0.3 is 5.97 Å². The van der Waals surface area contributed by atoms with Crippen molar-refractivity contribution in [3.05, 3.63) is 18.0 Å². The van der Waals surface area contributed by atoms with E-state index in [4.69, 9.17) is 16.6 Å². The molecule has 26 heavy (non-hydrogen) atoms. The maximum absolute atomic E-state index is 12.3. The van der Waals surface area contributed by atoms with E-state index < -0.39 is 23.5 Å². The lowest BCUT2D eigenvalue weighted by Crippen LogP contribution is -2.52. The number of amides is 2. The fourth-order valence-corrected chi connectivity index (χ4v) is 2.42. The van der Waals surface area contributed by atoms with Crippen LogP contribution >= 0.6 is 0 Å². The molecule has 0 saturated heterocycles. The summed E-state index contributed by atoms with van der Waals surface area (Å²) < 4.78 is 0. The van der Waals surface area contributed by atoms with Crippen molar-refractivity contribution in [1.29, 1.82) is 0 Å². The van der Waals surface area contributed by atoms with Crippen LogP contribution in [0.2, 0.25) is 0 Å². The molecule has 1 aromatic rings. The lowest BCUT2D eigenvalue weighted by atomic mass is 9.97. The molecule has 0 spiro atoms. The van der Waals surface area contributed by atoms with E-state index in [0.717, 1.165) is 6.20 Å². The van der Waals surface area contributed by atoms with Gasteiger partial charge in [-0.05, 0) is 26.2 Å². The molecule has 9 heteroatoms. The van der Waals surface area contributed by atoms with Crippen LogP contribution in [0.25, 0.3) is 0 Å². The molecular weight excluding hydrogens is 338 g/mol. The minimum absolute atomic E-state index is 0.0517. The highest BCUT2D eigenvalue weighted by Crippen LogP contribution is 2.22. The first-order chi connectivity index (χ1) is 11.9. The number of aromatic nitrogens is 1. The van der Waals surface area contributed by atoms with Crippen LogP contribution in [0.4, 0.5) is 11.4 Å². The number of nitrogen functional groups attached to an aromatic ring is 1. The van der Waals surface area contributed by atoms with Crippen molar-refractivity contribution in [2.24, 2.45) is 11.7 Å². The molecule has 0 radical (unpaired) electrons. The summed E-state index contributed by atoms with van der Waals surface area (Å²) in [7, 11) is 0. The average Bonchev–Trinajstić information content (AvgIpc) is 2.47. The number of rotatable bonds is 8. The Morgan fingerprint density at radius 3 is 2.42 bits per heavy atom. The van der Waals surface area contributed by atoms with E-state index in [1.165, 1.54) is 6.20 Å². The normalized spacial score (nSPS) is 12.5. The maximum atomic E-state index is 12.3. The van der Waals surface area contributed by atoms with Crippen LogP contribution < -0.4 is 22.1 Å². The highest BCUT2D eigenvalue weighted by atomic mass is 16.4. The van der Waals surface area contributed by atoms with Crippen LogP contribution in [0.5, 0.6) is 0 Å². The molecule has 9 nitrogen and oxygen atoms in total. The molecule has 0 fully saturated rings. The zero-order valence-corrected chi connectivity index (χ0v) is 15.5. The highest BCUT2D eigenvalue weighted by molar-refractivity contribution is 6.01. The molecule has 2 amide bonds. The van der Waals surface area contributed by atoms with Crippen LogP contribution in [0.3, 0.4) is 0 Å². The van der Waals surface area contributed by atoms with Gasteiger partial charge in [0.15, 0.2) is 0 Å². The first kappa shape index (κ1) is 21.4. The summed E-state index contributed by atoms with van der Waals surface area (Å²) in [4.78, 5) is 39.2. The number of nitrogens with zero attached hydrogens (tertiary/aromatic N) is 1. The highest BCUT2D eigenvalue weighted by Gasteiger charge is 2.27. The molecule has 0 aliphatic rings. The fourth-order valence-electron chi connectivity index (χ4n) is 2.42. The second-order valence-electron chi connectivity index (χ2n) is 7.29. The third-order valence-electron chi connectivity index (χ3n) is 3.62. The molecule has 7 N–H and O–H groups in total. The van der Waals surface area contributed by atoms with Crippen molar-refractivity contribution < 1.29 is 19.5 Å². The third kappa shape index (κ3) is 6.32. The van der Waals surface area contributed by atoms with Crippen LogP contribution in [-0.2, 0) is 9.59 Å². The molecule has 0 saturated carbocycles. The van der Waals surface area contributed by atoms with Gasteiger partial charge in [0.1, 0.15) is 5.56 Å². The van der Waals surface area contributed by atoms with Crippen molar-refractivity contribution in [2.75, 3.05) is 11.1 Å². The summed E-state index contributed by atoms with van der Waals surface area (Å²) in [6, 6.07) is -0.649. The van der Waals surface area contributed by atoms with E-state index in [9.17, 15) is 14.4 Å². The molecule has 1 aromatic heterocycles. The first-order valence-electron chi connectivity index (χ1n) is 8.27. The topological polar surface area (TPSA) is 160 Å². The Balaban J connectivity index is 2.73. The van der Waals surface area contributed by atoms with Crippen molar-refractivity contribution in [1.82, 2.24) is 10.3 Å². The number of hydrogen-bond acceptors (Lipinski definition) is 6. The molecule has 144 valence electrons. The van der Waals surface area contributed by atoms with Crippen LogP contribution in [0, 0.1) is 5.92 Å². The minimum atomic E-state index is -1.24. The lowest BCUT2D eigenvalue weighted by molar-refractivity contribution is -0.125. The third-order valence-corrected chi connectivity index (χ3v) is 3.62. The fraction of sp³-hybridized carbons (Fsp3) is 0.529. The Hall–Kier alpha value is -2.68. The largest absolute Gasteiger partial charge is 0.478 e. The van der Waals surface area contributed by atoms with Gasteiger partial charge in [-0.15, -0.1) is 0 Å². The molecule has 0 aliphatic carbocycles. The van der Waals surface area contributed by atoms with Crippen molar-refractivity contribution >= 4 is 29.2 Å². The van der Waals surface area contributed by atoms with Gasteiger partial charge in [0.05, 0.1) is 23.6 Å². The smallest absolute Gasteiger partial charge is 0.339 e. The number of nitrogens with two attached hydrogens (primary N) is 2. The van der Waals surface area contributed by atoms with E-state index in [1.54, 1.807) is 13.8 Å². The van der Waals surface area contributed by atoms with Gasteiger partial charge in [0, 0.05) is 18.2 Å². The number of aromatic carboxylic acids is 1. The second kappa shape index (κ2) is 8.61. The molecule has 0 aromatic carbocycles. The SMILES string of the molecule is CC(C)C[C@H](N)C(=O)NC(C)(C)CC(=O)Nc1cncc(C(=O)O)c1N. The Morgan fingerprint density at radius 1 is 1.27 bits per heavy atom. The Morgan fingerprint density at radius 2 is 1.88 bits per heavy atom. The predicted molar refractivity (Wildman–Crippen MR) is 98.5 cm³/mol. The van der Waals surface area contributed by atoms with Crippen molar-refractivity contribution in [3.8, 4) is 0 Å². The lowest BCUT2D eigenvalue weighted by Gasteiger charge is -2.28. The Labute approximate surface area is 152 Å². The number of carboxylic acid groups (broad SMARTS) is 1. The molecular formula is C17H27N5O4. The number of carbonyl (C=O) groups is 3. The summed E-state index contributed by atoms with van der Waals surface area (Å²) in [6.45, 7) is 7.33. The summed E-state index contributed by atoms with van der Waals surface area (Å²) in [5, 5.41) is 14.3. The molecule has 1 heterocycles. The van der Waals surface area contributed by atoms with Crippen LogP contribution in [-0.4, -0.2) is 39.5 Å². The number of nitrogens with one attached hydrogen (secondary N) is 2. The summed E-state index contributed by atoms with van der Waals surface area (Å²) in [6.07, 6.45) is 2.86. The molecule has 0 bridgehead atoms. The van der Waals surface area contributed by atoms with Gasteiger partial charge in [0.25, 0.3) is 0 Å². The van der Waals surface area contributed by atoms with E-state index in [-0.39, 0.29) is 35.2 Å². The predicted octanol–water partition coefficient (Wildman–Crippen LogP) is 0.959. The molecule has 0 unspecified atom stereocenters. The number of anilines is 2. The standard InChI is InChI=1S/C17H27N5O4/c1-9(2)5-11(18)15(24)22-17(3,4)6-13(23)21-12-8-20-7-10(14(12)19)16(25)26/h7-9,11H,5-6,18H2,1-4H3,(H2,19,20)(H,21,23)(H,22,24)(H,25,26)/t11-/m0/s1. The number of pyridine rings is 1. The average molecular weight is 365 g/mol. The number of hydrogen-bond donors (Lipinski definition) is 5. The van der Waals surface area contributed by atoms with Gasteiger partial charge in [-0.2, -0.15) is 0 Å².